The van der Waals surface area contributed by atoms with Crippen molar-refractivity contribution in [2.75, 3.05) is 0 Å². The van der Waals surface area contributed by atoms with Crippen LogP contribution in [0.25, 0.3) is 0 Å². The predicted octanol–water partition coefficient (Wildman–Crippen LogP) is 3.90. The maximum atomic E-state index is 14.5. The van der Waals surface area contributed by atoms with Crippen LogP contribution in [0.5, 0.6) is 0 Å². The fraction of sp³-hybridized carbons (Fsp3) is 0.0526. The Balaban J connectivity index is 2.50. The molecule has 0 fully saturated rings. The van der Waals surface area contributed by atoms with Crippen molar-refractivity contribution in [1.82, 2.24) is 0 Å². The van der Waals surface area contributed by atoms with Gasteiger partial charge in [-0.15, -0.1) is 0 Å². The van der Waals surface area contributed by atoms with Crippen molar-refractivity contribution in [1.29, 1.82) is 0 Å². The Labute approximate surface area is 162 Å². The molecule has 0 aliphatic carbocycles. The molecule has 3 rings (SSSR count). The van der Waals surface area contributed by atoms with Gasteiger partial charge >= 0.3 is 0 Å². The maximum absolute atomic E-state index is 14.5. The van der Waals surface area contributed by atoms with Gasteiger partial charge < -0.3 is 0 Å². The zero-order chi connectivity index (χ0) is 22.5. The predicted molar refractivity (Wildman–Crippen MR) is 88.3 cm³/mol. The minimum atomic E-state index is -2.60. The Kier molecular flexibility index (Phi) is 5.57. The Morgan fingerprint density at radius 2 is 0.867 bits per heavy atom. The minimum Gasteiger partial charge on any atom is -0.207 e. The summed E-state index contributed by atoms with van der Waals surface area (Å²) in [5.74, 6) is -19.7. The van der Waals surface area contributed by atoms with Crippen LogP contribution in [0.3, 0.4) is 0 Å². The molecule has 0 atom stereocenters. The van der Waals surface area contributed by atoms with Gasteiger partial charge in [-0.2, -0.15) is 0 Å². The first kappa shape index (κ1) is 21.7. The molecule has 0 bridgehead atoms. The van der Waals surface area contributed by atoms with Crippen molar-refractivity contribution in [2.45, 2.75) is 6.92 Å². The highest BCUT2D eigenvalue weighted by atomic mass is 19.2. The Bertz CT molecular complexity index is 1110. The lowest BCUT2D eigenvalue weighted by molar-refractivity contribution is 0.438. The number of halogens is 10. The Hall–Kier alpha value is -2.98. The summed E-state index contributed by atoms with van der Waals surface area (Å²) < 4.78 is 140. The second-order valence-corrected chi connectivity index (χ2v) is 6.32. The second kappa shape index (κ2) is 7.69. The summed E-state index contributed by atoms with van der Waals surface area (Å²) in [6.07, 6.45) is 0. The van der Waals surface area contributed by atoms with Crippen LogP contribution in [0.2, 0.25) is 0 Å². The van der Waals surface area contributed by atoms with Gasteiger partial charge in [-0.25, -0.2) is 43.9 Å². The lowest BCUT2D eigenvalue weighted by Gasteiger charge is -2.20. The first-order valence-electron chi connectivity index (χ1n) is 8.07. The molecule has 156 valence electrons. The van der Waals surface area contributed by atoms with Crippen LogP contribution in [-0.2, 0) is 0 Å². The summed E-state index contributed by atoms with van der Waals surface area (Å²) in [5.41, 5.74) is -4.55. The lowest BCUT2D eigenvalue weighted by atomic mass is 9.36. The average molecular weight is 436 g/mol. The third kappa shape index (κ3) is 3.42. The summed E-state index contributed by atoms with van der Waals surface area (Å²) in [6, 6.07) is 0.452. The van der Waals surface area contributed by atoms with Crippen LogP contribution >= 0.6 is 0 Å². The summed E-state index contributed by atoms with van der Waals surface area (Å²) in [6.45, 7) is -1.54. The summed E-state index contributed by atoms with van der Waals surface area (Å²) in [5, 5.41) is 0. The number of hydrogen-bond donors (Lipinski definition) is 0. The smallest absolute Gasteiger partial charge is 0.207 e. The molecule has 0 radical (unpaired) electrons. The molecule has 0 aliphatic rings. The first-order chi connectivity index (χ1) is 14.0. The Morgan fingerprint density at radius 3 is 1.30 bits per heavy atom. The normalized spacial score (nSPS) is 11.2. The van der Waals surface area contributed by atoms with Crippen LogP contribution in [0.15, 0.2) is 24.3 Å². The molecule has 0 nitrogen and oxygen atoms in total. The van der Waals surface area contributed by atoms with Gasteiger partial charge in [0.25, 0.3) is 6.71 Å². The van der Waals surface area contributed by atoms with E-state index in [1.807, 2.05) is 0 Å². The van der Waals surface area contributed by atoms with E-state index < -0.39 is 81.3 Å². The highest BCUT2D eigenvalue weighted by Crippen LogP contribution is 2.18. The van der Waals surface area contributed by atoms with E-state index in [1.165, 1.54) is 0 Å². The molecule has 0 saturated carbocycles. The third-order valence-corrected chi connectivity index (χ3v) is 4.47. The average Bonchev–Trinajstić information content (AvgIpc) is 2.66. The van der Waals surface area contributed by atoms with E-state index in [1.54, 1.807) is 0 Å². The molecular weight excluding hydrogens is 429 g/mol. The molecule has 0 unspecified atom stereocenters. The number of hydrogen-bond acceptors (Lipinski definition) is 0. The number of benzene rings is 3. The van der Waals surface area contributed by atoms with Gasteiger partial charge in [-0.1, -0.05) is 6.07 Å². The molecule has 3 aromatic rings. The van der Waals surface area contributed by atoms with Gasteiger partial charge in [0, 0.05) is 29.1 Å². The first-order valence-corrected chi connectivity index (χ1v) is 8.07. The fourth-order valence-electron chi connectivity index (χ4n) is 3.05. The minimum absolute atomic E-state index is 0.176. The van der Waals surface area contributed by atoms with E-state index in [4.69, 9.17) is 0 Å². The van der Waals surface area contributed by atoms with E-state index in [2.05, 4.69) is 0 Å². The van der Waals surface area contributed by atoms with Gasteiger partial charge in [0.1, 0.15) is 23.3 Å². The Morgan fingerprint density at radius 1 is 0.467 bits per heavy atom. The van der Waals surface area contributed by atoms with Crippen LogP contribution in [-0.4, -0.2) is 6.71 Å². The van der Waals surface area contributed by atoms with Gasteiger partial charge in [-0.3, -0.25) is 0 Å². The lowest BCUT2D eigenvalue weighted by Crippen LogP contribution is -2.58. The van der Waals surface area contributed by atoms with Crippen molar-refractivity contribution in [3.63, 3.8) is 0 Å². The zero-order valence-corrected chi connectivity index (χ0v) is 14.7. The van der Waals surface area contributed by atoms with E-state index in [0.29, 0.717) is 6.07 Å². The van der Waals surface area contributed by atoms with Crippen molar-refractivity contribution in [3.8, 4) is 0 Å². The molecular formula is C19H7BF10. The van der Waals surface area contributed by atoms with E-state index in [0.717, 1.165) is 6.92 Å². The van der Waals surface area contributed by atoms with Crippen LogP contribution < -0.4 is 16.4 Å². The molecule has 0 saturated heterocycles. The molecule has 30 heavy (non-hydrogen) atoms. The maximum Gasteiger partial charge on any atom is 0.260 e. The zero-order valence-electron chi connectivity index (χ0n) is 14.7. The number of aryl methyl sites for hydroxylation is 1. The molecule has 3 aromatic carbocycles. The van der Waals surface area contributed by atoms with Crippen LogP contribution in [0, 0.1) is 65.1 Å². The summed E-state index contributed by atoms with van der Waals surface area (Å²) in [4.78, 5) is 0. The summed E-state index contributed by atoms with van der Waals surface area (Å²) in [7, 11) is 0. The van der Waals surface area contributed by atoms with E-state index in [9.17, 15) is 43.9 Å². The monoisotopic (exact) mass is 436 g/mol. The fourth-order valence-corrected chi connectivity index (χ4v) is 3.05. The molecule has 0 heterocycles. The standard InChI is InChI=1S/C19H7BF10/c1-6-2-7(9(22)3-8(6)21)20(14-10(23)4-12(25)16(27)18(14)29)15-11(24)5-13(26)17(28)19(15)30/h2-5H,1H3. The van der Waals surface area contributed by atoms with Gasteiger partial charge in [0.05, 0.1) is 0 Å². The summed E-state index contributed by atoms with van der Waals surface area (Å²) >= 11 is 0. The van der Waals surface area contributed by atoms with E-state index in [-0.39, 0.29) is 23.8 Å². The van der Waals surface area contributed by atoms with Crippen molar-refractivity contribution in [3.05, 3.63) is 88.0 Å². The van der Waals surface area contributed by atoms with Crippen molar-refractivity contribution in [2.24, 2.45) is 0 Å². The van der Waals surface area contributed by atoms with Gasteiger partial charge in [0.15, 0.2) is 34.9 Å². The van der Waals surface area contributed by atoms with Crippen LogP contribution in [0.1, 0.15) is 5.56 Å². The highest BCUT2D eigenvalue weighted by molar-refractivity contribution is 6.95. The topological polar surface area (TPSA) is 0 Å². The van der Waals surface area contributed by atoms with Gasteiger partial charge in [0.2, 0.25) is 0 Å². The molecule has 0 aliphatic heterocycles. The molecule has 0 amide bonds. The second-order valence-electron chi connectivity index (χ2n) is 6.32. The molecule has 0 N–H and O–H groups in total. The highest BCUT2D eigenvalue weighted by Gasteiger charge is 2.38. The molecule has 0 spiro atoms. The SMILES string of the molecule is Cc1cc(B(c2c(F)cc(F)c(F)c2F)c2c(F)cc(F)c(F)c2F)c(F)cc1F. The molecule has 0 aromatic heterocycles. The quantitative estimate of drug-likeness (QED) is 0.253. The van der Waals surface area contributed by atoms with E-state index >= 15 is 0 Å². The molecule has 11 heteroatoms. The number of rotatable bonds is 3. The van der Waals surface area contributed by atoms with Crippen molar-refractivity contribution >= 4 is 23.1 Å². The van der Waals surface area contributed by atoms with Crippen LogP contribution in [0.4, 0.5) is 43.9 Å². The van der Waals surface area contributed by atoms with Crippen molar-refractivity contribution < 1.29 is 43.9 Å². The largest absolute Gasteiger partial charge is 0.260 e. The van der Waals surface area contributed by atoms with Gasteiger partial charge in [-0.05, 0) is 17.9 Å². The third-order valence-electron chi connectivity index (χ3n) is 4.47.